The number of carbonyl (C=O) groups excluding carboxylic acids is 2. The summed E-state index contributed by atoms with van der Waals surface area (Å²) < 4.78 is 10.1. The van der Waals surface area contributed by atoms with Crippen LogP contribution < -0.4 is 12.4 Å². The maximum absolute atomic E-state index is 11.0. The van der Waals surface area contributed by atoms with Crippen molar-refractivity contribution in [3.8, 4) is 0 Å². The Morgan fingerprint density at radius 3 is 2.06 bits per heavy atom. The predicted molar refractivity (Wildman–Crippen MR) is 127 cm³/mol. The third-order valence-corrected chi connectivity index (χ3v) is 3.46. The monoisotopic (exact) mass is 469 g/mol. The third kappa shape index (κ3) is 23.9. The second-order valence-electron chi connectivity index (χ2n) is 7.85. The molecule has 0 aliphatic heterocycles. The fourth-order valence-electron chi connectivity index (χ4n) is 1.95. The number of ether oxygens (including phenoxy) is 2. The van der Waals surface area contributed by atoms with E-state index in [0.717, 1.165) is 12.8 Å². The Bertz CT molecular complexity index is 669. The van der Waals surface area contributed by atoms with Crippen LogP contribution >= 0.6 is 0 Å². The van der Waals surface area contributed by atoms with Crippen LogP contribution in [0.3, 0.4) is 0 Å². The summed E-state index contributed by atoms with van der Waals surface area (Å²) >= 11 is 0. The molecule has 1 aromatic carbocycles. The molecule has 1 N–H and O–H groups in total. The molecule has 1 rings (SSSR count). The molecular weight excluding hydrogens is 430 g/mol. The fourth-order valence-corrected chi connectivity index (χ4v) is 1.95. The van der Waals surface area contributed by atoms with Crippen molar-refractivity contribution in [3.63, 3.8) is 0 Å². The molecule has 6 nitrogen and oxygen atoms in total. The van der Waals surface area contributed by atoms with E-state index in [0.29, 0.717) is 23.2 Å². The number of rotatable bonds is 10. The molecule has 0 saturated carbocycles. The number of aliphatic hydroxyl groups is 1. The van der Waals surface area contributed by atoms with Crippen LogP contribution in [0.25, 0.3) is 6.08 Å². The van der Waals surface area contributed by atoms with E-state index in [2.05, 4.69) is 24.5 Å². The average molecular weight is 470 g/mol. The SMILES string of the molecule is C=C(C)C(=O)OCC(O)C[N+](C)(C)C.C=CC(=O)OCCCC.C=Cc1ccccc1.[Cl-]. The quantitative estimate of drug-likeness (QED) is 0.240. The molecule has 0 saturated heterocycles. The van der Waals surface area contributed by atoms with Gasteiger partial charge in [0.15, 0.2) is 0 Å². The number of halogens is 1. The summed E-state index contributed by atoms with van der Waals surface area (Å²) in [6.45, 7) is 15.1. The summed E-state index contributed by atoms with van der Waals surface area (Å²) in [6.07, 6.45) is 4.36. The first kappa shape index (κ1) is 34.2. The smallest absolute Gasteiger partial charge is 0.333 e. The van der Waals surface area contributed by atoms with E-state index in [4.69, 9.17) is 4.74 Å². The van der Waals surface area contributed by atoms with Crippen molar-refractivity contribution in [2.24, 2.45) is 0 Å². The first-order chi connectivity index (χ1) is 14.5. The fraction of sp³-hybridized carbons (Fsp3) is 0.440. The van der Waals surface area contributed by atoms with Crippen molar-refractivity contribution in [2.75, 3.05) is 40.9 Å². The zero-order valence-electron chi connectivity index (χ0n) is 20.2. The number of likely N-dealkylation sites (N-methyl/N-ethyl adjacent to an activating group) is 1. The van der Waals surface area contributed by atoms with E-state index in [1.165, 1.54) is 11.6 Å². The number of nitrogens with zero attached hydrogens (tertiary/aromatic N) is 1. The van der Waals surface area contributed by atoms with Gasteiger partial charge in [-0.1, -0.05) is 69.5 Å². The predicted octanol–water partition coefficient (Wildman–Crippen LogP) is 1.02. The van der Waals surface area contributed by atoms with Crippen LogP contribution in [0, 0.1) is 0 Å². The average Bonchev–Trinajstić information content (AvgIpc) is 2.72. The van der Waals surface area contributed by atoms with E-state index in [-0.39, 0.29) is 25.0 Å². The summed E-state index contributed by atoms with van der Waals surface area (Å²) in [4.78, 5) is 21.3. The number of benzene rings is 1. The van der Waals surface area contributed by atoms with Crippen molar-refractivity contribution in [2.45, 2.75) is 32.8 Å². The van der Waals surface area contributed by atoms with E-state index < -0.39 is 12.1 Å². The first-order valence-corrected chi connectivity index (χ1v) is 10.2. The van der Waals surface area contributed by atoms with Crippen molar-refractivity contribution in [3.05, 3.63) is 67.3 Å². The molecular formula is C25H40ClNO5. The van der Waals surface area contributed by atoms with Crippen LogP contribution in [0.5, 0.6) is 0 Å². The topological polar surface area (TPSA) is 72.8 Å². The maximum Gasteiger partial charge on any atom is 0.333 e. The number of hydrogen-bond donors (Lipinski definition) is 1. The summed E-state index contributed by atoms with van der Waals surface area (Å²) in [5, 5.41) is 9.49. The van der Waals surface area contributed by atoms with E-state index in [9.17, 15) is 14.7 Å². The summed E-state index contributed by atoms with van der Waals surface area (Å²) in [5.74, 6) is -0.783. The zero-order chi connectivity index (χ0) is 24.3. The largest absolute Gasteiger partial charge is 1.00 e. The van der Waals surface area contributed by atoms with Gasteiger partial charge in [0.05, 0.1) is 27.7 Å². The molecule has 0 bridgehead atoms. The minimum atomic E-state index is -0.627. The first-order valence-electron chi connectivity index (χ1n) is 10.2. The Labute approximate surface area is 200 Å². The molecule has 32 heavy (non-hydrogen) atoms. The minimum absolute atomic E-state index is 0. The van der Waals surface area contributed by atoms with E-state index >= 15 is 0 Å². The lowest BCUT2D eigenvalue weighted by Crippen LogP contribution is -3.00. The number of unbranched alkanes of at least 4 members (excludes halogenated alkanes) is 1. The highest BCUT2D eigenvalue weighted by Crippen LogP contribution is 1.99. The lowest BCUT2D eigenvalue weighted by Gasteiger charge is -2.26. The van der Waals surface area contributed by atoms with Gasteiger partial charge >= 0.3 is 11.9 Å². The molecule has 1 atom stereocenters. The Morgan fingerprint density at radius 1 is 1.12 bits per heavy atom. The van der Waals surface area contributed by atoms with E-state index in [1.54, 1.807) is 6.92 Å². The van der Waals surface area contributed by atoms with Gasteiger partial charge in [0.25, 0.3) is 0 Å². The van der Waals surface area contributed by atoms with Gasteiger partial charge < -0.3 is 31.5 Å². The molecule has 0 aliphatic carbocycles. The highest BCUT2D eigenvalue weighted by Gasteiger charge is 2.17. The van der Waals surface area contributed by atoms with Crippen LogP contribution in [0.2, 0.25) is 0 Å². The molecule has 0 fully saturated rings. The van der Waals surface area contributed by atoms with Crippen LogP contribution in [0.4, 0.5) is 0 Å². The molecule has 7 heteroatoms. The highest BCUT2D eigenvalue weighted by atomic mass is 35.5. The molecule has 0 spiro atoms. The van der Waals surface area contributed by atoms with Crippen molar-refractivity contribution in [1.29, 1.82) is 0 Å². The molecule has 1 unspecified atom stereocenters. The zero-order valence-corrected chi connectivity index (χ0v) is 20.9. The molecule has 182 valence electrons. The molecule has 0 aliphatic rings. The third-order valence-electron chi connectivity index (χ3n) is 3.46. The Morgan fingerprint density at radius 2 is 1.69 bits per heavy atom. The molecule has 0 amide bonds. The summed E-state index contributed by atoms with van der Waals surface area (Å²) in [7, 11) is 5.89. The normalized spacial score (nSPS) is 10.4. The van der Waals surface area contributed by atoms with Crippen molar-refractivity contribution < 1.29 is 41.1 Å². The summed E-state index contributed by atoms with van der Waals surface area (Å²) in [5.41, 5.74) is 1.52. The second kappa shape index (κ2) is 20.5. The Kier molecular flexibility index (Phi) is 21.9. The Balaban J connectivity index is -0.000000407. The summed E-state index contributed by atoms with van der Waals surface area (Å²) in [6, 6.07) is 10.0. The minimum Gasteiger partial charge on any atom is -1.00 e. The number of aliphatic hydroxyl groups excluding tert-OH is 1. The van der Waals surface area contributed by atoms with Crippen LogP contribution in [-0.4, -0.2) is 68.5 Å². The lowest BCUT2D eigenvalue weighted by molar-refractivity contribution is -0.873. The van der Waals surface area contributed by atoms with Gasteiger partial charge in [-0.15, -0.1) is 0 Å². The Hall–Kier alpha value is -2.41. The van der Waals surface area contributed by atoms with Crippen molar-refractivity contribution >= 4 is 18.0 Å². The van der Waals surface area contributed by atoms with Gasteiger partial charge in [0.2, 0.25) is 0 Å². The lowest BCUT2D eigenvalue weighted by atomic mass is 10.2. The number of quaternary nitrogens is 1. The van der Waals surface area contributed by atoms with Crippen molar-refractivity contribution in [1.82, 2.24) is 0 Å². The van der Waals surface area contributed by atoms with Gasteiger partial charge in [-0.2, -0.15) is 0 Å². The maximum atomic E-state index is 11.0. The van der Waals surface area contributed by atoms with Gasteiger partial charge in [-0.3, -0.25) is 0 Å². The number of esters is 2. The van der Waals surface area contributed by atoms with Gasteiger partial charge in [-0.05, 0) is 18.9 Å². The van der Waals surface area contributed by atoms with E-state index in [1.807, 2.05) is 64.5 Å². The molecule has 0 heterocycles. The standard InChI is InChI=1S/C10H20NO3.C8H8.C7H12O2.ClH/c1-8(2)10(13)14-7-9(12)6-11(3,4)5;1-2-8-6-4-3-5-7-8;1-3-5-6-9-7(8)4-2;/h9,12H,1,6-7H2,2-5H3;2-7H,1H2;4H,2-3,5-6H2,1H3;1H/q+1;;;/p-1. The van der Waals surface area contributed by atoms with Crippen LogP contribution in [-0.2, 0) is 19.1 Å². The van der Waals surface area contributed by atoms with Gasteiger partial charge in [-0.25, -0.2) is 9.59 Å². The molecule has 1 aromatic rings. The molecule has 0 radical (unpaired) electrons. The van der Waals surface area contributed by atoms with Gasteiger partial charge in [0, 0.05) is 11.6 Å². The highest BCUT2D eigenvalue weighted by molar-refractivity contribution is 5.86. The number of carbonyl (C=O) groups is 2. The van der Waals surface area contributed by atoms with Crippen LogP contribution in [0.15, 0.2) is 61.7 Å². The van der Waals surface area contributed by atoms with Gasteiger partial charge in [0.1, 0.15) is 19.3 Å². The molecule has 0 aromatic heterocycles. The van der Waals surface area contributed by atoms with Crippen LogP contribution in [0.1, 0.15) is 32.3 Å². The number of hydrogen-bond acceptors (Lipinski definition) is 5. The second-order valence-corrected chi connectivity index (χ2v) is 7.85.